The third kappa shape index (κ3) is 5.62. The molecule has 1 aliphatic rings. The summed E-state index contributed by atoms with van der Waals surface area (Å²) in [5.74, 6) is 3.32. The molecule has 0 unspecified atom stereocenters. The third-order valence-corrected chi connectivity index (χ3v) is 9.36. The summed E-state index contributed by atoms with van der Waals surface area (Å²) in [7, 11) is 0. The Hall–Kier alpha value is -3.51. The van der Waals surface area contributed by atoms with Crippen LogP contribution in [0.5, 0.6) is 5.75 Å². The number of aromatic carboxylic acids is 1. The van der Waals surface area contributed by atoms with E-state index in [9.17, 15) is 9.90 Å². The van der Waals surface area contributed by atoms with Crippen LogP contribution in [0.3, 0.4) is 0 Å². The van der Waals surface area contributed by atoms with Gasteiger partial charge in [0.2, 0.25) is 0 Å². The van der Waals surface area contributed by atoms with Gasteiger partial charge in [0, 0.05) is 0 Å². The van der Waals surface area contributed by atoms with Crippen molar-refractivity contribution in [2.75, 3.05) is 0 Å². The van der Waals surface area contributed by atoms with Gasteiger partial charge in [-0.05, 0) is 0 Å². The Morgan fingerprint density at radius 2 is 1.69 bits per heavy atom. The second kappa shape index (κ2) is 10.6. The van der Waals surface area contributed by atoms with Crippen LogP contribution < -0.4 is 9.20 Å². The molecule has 3 nitrogen and oxygen atoms in total. The van der Waals surface area contributed by atoms with E-state index in [0.29, 0.717) is 12.2 Å². The zero-order valence-electron chi connectivity index (χ0n) is 23.2. The number of carbonyl (C=O) groups is 1. The maximum absolute atomic E-state index is 11.3. The molecule has 0 bridgehead atoms. The van der Waals surface area contributed by atoms with Crippen LogP contribution >= 0.6 is 0 Å². The molecule has 0 heterocycles. The Labute approximate surface area is 237 Å². The molecule has 0 saturated heterocycles. The fourth-order valence-corrected chi connectivity index (χ4v) is 6.90. The van der Waals surface area contributed by atoms with Gasteiger partial charge >= 0.3 is 238 Å². The molecule has 0 fully saturated rings. The molecule has 1 aliphatic carbocycles. The van der Waals surface area contributed by atoms with Crippen molar-refractivity contribution in [3.05, 3.63) is 106 Å². The zero-order valence-corrected chi connectivity index (χ0v) is 24.9. The molecule has 4 heteroatoms. The number of hydrogen-bond acceptors (Lipinski definition) is 2. The topological polar surface area (TPSA) is 46.5 Å². The van der Waals surface area contributed by atoms with Gasteiger partial charge in [-0.3, -0.25) is 0 Å². The van der Waals surface area contributed by atoms with E-state index in [2.05, 4.69) is 93.0 Å². The summed E-state index contributed by atoms with van der Waals surface area (Å²) in [6.07, 6.45) is 2.25. The first-order valence-corrected chi connectivity index (χ1v) is 15.1. The SMILES string of the molecule is Cc1cc(C#C[Se]c2cc(OCc3cccc4ccccc34)c3c(c2)C(C)(C)CCC3(C)C)ccc1C(=O)O. The average Bonchev–Trinajstić information content (AvgIpc) is 2.89. The van der Waals surface area contributed by atoms with Crippen molar-refractivity contribution in [1.29, 1.82) is 0 Å². The standard InChI is InChI=1S/C35H34O3Se/c1-23-19-24(13-14-28(23)33(36)37)15-18-39-27-20-30-32(35(4,5)17-16-34(30,2)3)31(21-27)38-22-26-11-8-10-25-9-6-7-12-29(25)26/h6-14,19-21H,16-17,22H2,1-5H3,(H,36,37). The van der Waals surface area contributed by atoms with Gasteiger partial charge in [0.15, 0.2) is 0 Å². The van der Waals surface area contributed by atoms with Gasteiger partial charge in [0.1, 0.15) is 0 Å². The zero-order chi connectivity index (χ0) is 27.8. The van der Waals surface area contributed by atoms with Crippen LogP contribution in [-0.2, 0) is 17.4 Å². The third-order valence-electron chi connectivity index (χ3n) is 7.94. The Morgan fingerprint density at radius 3 is 2.46 bits per heavy atom. The first-order chi connectivity index (χ1) is 18.5. The van der Waals surface area contributed by atoms with Crippen molar-refractivity contribution < 1.29 is 14.6 Å². The molecule has 0 radical (unpaired) electrons. The minimum absolute atomic E-state index is 0.0273. The van der Waals surface area contributed by atoms with Gasteiger partial charge in [-0.2, -0.15) is 0 Å². The number of carboxylic acids is 1. The molecular weight excluding hydrogens is 547 g/mol. The molecule has 1 N–H and O–H groups in total. The second-order valence-corrected chi connectivity index (χ2v) is 13.5. The van der Waals surface area contributed by atoms with E-state index in [1.54, 1.807) is 12.1 Å². The summed E-state index contributed by atoms with van der Waals surface area (Å²) in [6, 6.07) is 24.7. The van der Waals surface area contributed by atoms with Gasteiger partial charge in [0.25, 0.3) is 0 Å². The van der Waals surface area contributed by atoms with Gasteiger partial charge in [-0.1, -0.05) is 0 Å². The van der Waals surface area contributed by atoms with Crippen LogP contribution in [0.2, 0.25) is 0 Å². The Morgan fingerprint density at radius 1 is 0.949 bits per heavy atom. The summed E-state index contributed by atoms with van der Waals surface area (Å²) in [5.41, 5.74) is 5.85. The number of carboxylic acid groups (broad SMARTS) is 1. The van der Waals surface area contributed by atoms with Gasteiger partial charge in [0.05, 0.1) is 0 Å². The fourth-order valence-electron chi connectivity index (χ4n) is 5.58. The monoisotopic (exact) mass is 582 g/mol. The number of rotatable bonds is 5. The van der Waals surface area contributed by atoms with Crippen molar-refractivity contribution in [3.63, 3.8) is 0 Å². The summed E-state index contributed by atoms with van der Waals surface area (Å²) >= 11 is -0.0797. The molecule has 5 rings (SSSR count). The van der Waals surface area contributed by atoms with Crippen molar-refractivity contribution in [2.24, 2.45) is 0 Å². The van der Waals surface area contributed by atoms with Gasteiger partial charge in [-0.25, -0.2) is 0 Å². The first-order valence-electron chi connectivity index (χ1n) is 13.4. The van der Waals surface area contributed by atoms with E-state index in [1.807, 2.05) is 13.0 Å². The van der Waals surface area contributed by atoms with E-state index < -0.39 is 5.97 Å². The molecule has 198 valence electrons. The van der Waals surface area contributed by atoms with Crippen LogP contribution in [0.15, 0.2) is 72.8 Å². The van der Waals surface area contributed by atoms with E-state index >= 15 is 0 Å². The van der Waals surface area contributed by atoms with Crippen LogP contribution in [0.1, 0.15) is 78.7 Å². The summed E-state index contributed by atoms with van der Waals surface area (Å²) in [6.45, 7) is 11.7. The van der Waals surface area contributed by atoms with Crippen LogP contribution in [0.4, 0.5) is 0 Å². The summed E-state index contributed by atoms with van der Waals surface area (Å²) in [5, 5.41) is 11.8. The van der Waals surface area contributed by atoms with E-state index in [4.69, 9.17) is 4.74 Å². The number of hydrogen-bond donors (Lipinski definition) is 1. The van der Waals surface area contributed by atoms with Gasteiger partial charge in [-0.15, -0.1) is 0 Å². The van der Waals surface area contributed by atoms with E-state index in [0.717, 1.165) is 29.7 Å². The predicted molar refractivity (Wildman–Crippen MR) is 160 cm³/mol. The first kappa shape index (κ1) is 27.1. The maximum atomic E-state index is 11.3. The number of ether oxygens (including phenoxy) is 1. The normalized spacial score (nSPS) is 15.2. The van der Waals surface area contributed by atoms with Crippen molar-refractivity contribution >= 4 is 36.2 Å². The van der Waals surface area contributed by atoms with Crippen LogP contribution in [0.25, 0.3) is 10.8 Å². The quantitative estimate of drug-likeness (QED) is 0.202. The van der Waals surface area contributed by atoms with Gasteiger partial charge < -0.3 is 0 Å². The second-order valence-electron chi connectivity index (χ2n) is 11.7. The molecule has 0 spiro atoms. The summed E-state index contributed by atoms with van der Waals surface area (Å²) in [4.78, 5) is 14.7. The average molecular weight is 582 g/mol. The van der Waals surface area contributed by atoms with E-state index in [1.165, 1.54) is 31.9 Å². The Kier molecular flexibility index (Phi) is 7.34. The molecule has 4 aromatic carbocycles. The number of aryl methyl sites for hydroxylation is 1. The van der Waals surface area contributed by atoms with Crippen molar-refractivity contribution in [3.8, 4) is 16.5 Å². The van der Waals surface area contributed by atoms with Crippen molar-refractivity contribution in [1.82, 2.24) is 0 Å². The molecule has 0 amide bonds. The van der Waals surface area contributed by atoms with Crippen LogP contribution in [-0.4, -0.2) is 26.0 Å². The molecule has 0 aromatic heterocycles. The van der Waals surface area contributed by atoms with Crippen LogP contribution in [0, 0.1) is 17.7 Å². The molecule has 0 saturated carbocycles. The Balaban J connectivity index is 1.50. The fraction of sp³-hybridized carbons (Fsp3) is 0.286. The van der Waals surface area contributed by atoms with Crippen molar-refractivity contribution in [2.45, 2.75) is 64.9 Å². The number of fused-ring (bicyclic) bond motifs is 2. The molecule has 4 aromatic rings. The molecule has 0 atom stereocenters. The Bertz CT molecular complexity index is 1630. The molecule has 0 aliphatic heterocycles. The summed E-state index contributed by atoms with van der Waals surface area (Å²) < 4.78 is 7.89. The predicted octanol–water partition coefficient (Wildman–Crippen LogP) is 7.11. The molecule has 39 heavy (non-hydrogen) atoms. The van der Waals surface area contributed by atoms with E-state index in [-0.39, 0.29) is 25.8 Å². The number of benzene rings is 4. The molecular formula is C35H34O3Se. The minimum atomic E-state index is -0.910.